The standard InChI is InChI=1S/C29H35F3N8O/c1-18-11-22(23-15-34-40(17-23)16-20-3-4-20)12-24-27(18)37-28(35-24)36-25-13-21(5-6-33-25)19(2)38-7-9-39(10-8-38)26(41)14-29(30,31)32/h5-6,11-13,15,19-20,23H,3-4,7-10,14,16-17H2,1-2H3,(H2,33,35,36,37). The number of pyridine rings is 1. The van der Waals surface area contributed by atoms with E-state index >= 15 is 0 Å². The molecule has 2 unspecified atom stereocenters. The molecule has 3 aliphatic rings. The summed E-state index contributed by atoms with van der Waals surface area (Å²) in [5.41, 5.74) is 5.20. The number of piperazine rings is 1. The van der Waals surface area contributed by atoms with Crippen molar-refractivity contribution >= 4 is 34.9 Å². The number of imidazole rings is 1. The molecule has 4 heterocycles. The Kier molecular flexibility index (Phi) is 7.35. The molecule has 12 heteroatoms. The number of carbonyl (C=O) groups is 1. The van der Waals surface area contributed by atoms with Crippen LogP contribution in [0.25, 0.3) is 11.0 Å². The lowest BCUT2D eigenvalue weighted by atomic mass is 9.98. The van der Waals surface area contributed by atoms with Crippen LogP contribution < -0.4 is 5.32 Å². The predicted octanol–water partition coefficient (Wildman–Crippen LogP) is 4.96. The highest BCUT2D eigenvalue weighted by Crippen LogP contribution is 2.33. The first-order valence-electron chi connectivity index (χ1n) is 14.2. The van der Waals surface area contributed by atoms with Gasteiger partial charge in [-0.1, -0.05) is 6.07 Å². The normalized spacial score (nSPS) is 20.7. The van der Waals surface area contributed by atoms with Gasteiger partial charge >= 0.3 is 6.18 Å². The summed E-state index contributed by atoms with van der Waals surface area (Å²) < 4.78 is 37.8. The van der Waals surface area contributed by atoms with Crippen LogP contribution in [0, 0.1) is 12.8 Å². The van der Waals surface area contributed by atoms with Crippen LogP contribution in [0.15, 0.2) is 35.6 Å². The molecule has 2 fully saturated rings. The molecule has 0 radical (unpaired) electrons. The van der Waals surface area contributed by atoms with E-state index in [-0.39, 0.29) is 25.0 Å². The quantitative estimate of drug-likeness (QED) is 0.399. The van der Waals surface area contributed by atoms with Gasteiger partial charge in [-0.25, -0.2) is 9.97 Å². The zero-order valence-corrected chi connectivity index (χ0v) is 23.3. The van der Waals surface area contributed by atoms with Crippen molar-refractivity contribution in [1.82, 2.24) is 29.8 Å². The summed E-state index contributed by atoms with van der Waals surface area (Å²) in [7, 11) is 0. The van der Waals surface area contributed by atoms with Gasteiger partial charge in [0.15, 0.2) is 0 Å². The Morgan fingerprint density at radius 1 is 1.17 bits per heavy atom. The Hall–Kier alpha value is -3.67. The van der Waals surface area contributed by atoms with E-state index in [4.69, 9.17) is 4.98 Å². The highest BCUT2D eigenvalue weighted by Gasteiger charge is 2.35. The van der Waals surface area contributed by atoms with Gasteiger partial charge in [0.1, 0.15) is 12.2 Å². The summed E-state index contributed by atoms with van der Waals surface area (Å²) in [5.74, 6) is 1.45. The number of benzene rings is 1. The molecule has 1 amide bonds. The molecule has 2 atom stereocenters. The van der Waals surface area contributed by atoms with Crippen molar-refractivity contribution in [2.75, 3.05) is 44.6 Å². The summed E-state index contributed by atoms with van der Waals surface area (Å²) >= 11 is 0. The van der Waals surface area contributed by atoms with Gasteiger partial charge in [0.25, 0.3) is 0 Å². The van der Waals surface area contributed by atoms with Crippen molar-refractivity contribution in [2.45, 2.75) is 51.2 Å². The number of hydrogen-bond donors (Lipinski definition) is 2. The Labute approximate surface area is 236 Å². The third kappa shape index (κ3) is 6.47. The summed E-state index contributed by atoms with van der Waals surface area (Å²) in [6.45, 7) is 7.65. The molecule has 41 heavy (non-hydrogen) atoms. The predicted molar refractivity (Wildman–Crippen MR) is 151 cm³/mol. The smallest absolute Gasteiger partial charge is 0.340 e. The first-order valence-corrected chi connectivity index (χ1v) is 14.2. The second-order valence-electron chi connectivity index (χ2n) is 11.5. The van der Waals surface area contributed by atoms with Crippen LogP contribution in [-0.2, 0) is 4.79 Å². The van der Waals surface area contributed by atoms with Crippen LogP contribution in [0.1, 0.15) is 54.8 Å². The second kappa shape index (κ2) is 11.0. The summed E-state index contributed by atoms with van der Waals surface area (Å²) in [4.78, 5) is 28.1. The average molecular weight is 569 g/mol. The van der Waals surface area contributed by atoms with Gasteiger partial charge in [0.2, 0.25) is 11.9 Å². The number of aromatic nitrogens is 3. The molecule has 3 aromatic rings. The van der Waals surface area contributed by atoms with Crippen LogP contribution >= 0.6 is 0 Å². The van der Waals surface area contributed by atoms with E-state index in [2.05, 4.69) is 62.5 Å². The summed E-state index contributed by atoms with van der Waals surface area (Å²) in [5, 5.41) is 10.1. The number of nitrogens with one attached hydrogen (secondary N) is 2. The van der Waals surface area contributed by atoms with E-state index in [1.807, 2.05) is 12.1 Å². The number of aryl methyl sites for hydroxylation is 1. The van der Waals surface area contributed by atoms with E-state index in [1.54, 1.807) is 6.20 Å². The summed E-state index contributed by atoms with van der Waals surface area (Å²) in [6, 6.07) is 8.25. The topological polar surface area (TPSA) is 92.8 Å². The number of hydrogen-bond acceptors (Lipinski definition) is 7. The molecule has 1 saturated heterocycles. The lowest BCUT2D eigenvalue weighted by Crippen LogP contribution is -2.50. The van der Waals surface area contributed by atoms with Crippen molar-refractivity contribution in [1.29, 1.82) is 0 Å². The molecule has 218 valence electrons. The third-order valence-electron chi connectivity index (χ3n) is 8.29. The van der Waals surface area contributed by atoms with E-state index in [0.29, 0.717) is 24.9 Å². The van der Waals surface area contributed by atoms with Crippen LogP contribution in [0.2, 0.25) is 0 Å². The van der Waals surface area contributed by atoms with Crippen LogP contribution in [0.3, 0.4) is 0 Å². The Morgan fingerprint density at radius 2 is 1.95 bits per heavy atom. The number of carbonyl (C=O) groups excluding carboxylic acids is 1. The van der Waals surface area contributed by atoms with Gasteiger partial charge in [-0.05, 0) is 67.5 Å². The lowest BCUT2D eigenvalue weighted by molar-refractivity contribution is -0.162. The molecule has 2 N–H and O–H groups in total. The second-order valence-corrected chi connectivity index (χ2v) is 11.5. The minimum atomic E-state index is -4.48. The highest BCUT2D eigenvalue weighted by atomic mass is 19.4. The summed E-state index contributed by atoms with van der Waals surface area (Å²) in [6.07, 6.45) is 0.528. The van der Waals surface area contributed by atoms with E-state index in [9.17, 15) is 18.0 Å². The molecule has 6 rings (SSSR count). The maximum absolute atomic E-state index is 12.6. The van der Waals surface area contributed by atoms with Gasteiger partial charge in [-0.15, -0.1) is 0 Å². The molecule has 1 saturated carbocycles. The maximum atomic E-state index is 12.6. The maximum Gasteiger partial charge on any atom is 0.397 e. The monoisotopic (exact) mass is 568 g/mol. The van der Waals surface area contributed by atoms with Crippen molar-refractivity contribution in [3.8, 4) is 0 Å². The molecule has 1 aromatic carbocycles. The zero-order valence-electron chi connectivity index (χ0n) is 23.3. The molecule has 0 spiro atoms. The molecule has 0 bridgehead atoms. The number of fused-ring (bicyclic) bond motifs is 1. The van der Waals surface area contributed by atoms with Crippen molar-refractivity contribution in [3.63, 3.8) is 0 Å². The van der Waals surface area contributed by atoms with E-state index < -0.39 is 18.5 Å². The van der Waals surface area contributed by atoms with Crippen LogP contribution in [-0.4, -0.2) is 87.3 Å². The minimum absolute atomic E-state index is 0.00597. The number of rotatable bonds is 8. The van der Waals surface area contributed by atoms with Gasteiger partial charge in [0.05, 0.1) is 11.0 Å². The number of aromatic amines is 1. The van der Waals surface area contributed by atoms with Crippen LogP contribution in [0.4, 0.5) is 24.9 Å². The van der Waals surface area contributed by atoms with Gasteiger partial charge in [-0.3, -0.25) is 14.7 Å². The molecule has 9 nitrogen and oxygen atoms in total. The van der Waals surface area contributed by atoms with E-state index in [0.717, 1.165) is 41.2 Å². The number of amides is 1. The molecule has 2 aromatic heterocycles. The number of alkyl halides is 3. The number of anilines is 2. The van der Waals surface area contributed by atoms with Gasteiger partial charge in [0, 0.05) is 63.6 Å². The Morgan fingerprint density at radius 3 is 2.68 bits per heavy atom. The number of H-pyrrole nitrogens is 1. The largest absolute Gasteiger partial charge is 0.397 e. The van der Waals surface area contributed by atoms with Crippen molar-refractivity contribution in [3.05, 3.63) is 47.2 Å². The highest BCUT2D eigenvalue weighted by molar-refractivity contribution is 5.84. The van der Waals surface area contributed by atoms with Crippen LogP contribution in [0.5, 0.6) is 0 Å². The molecular weight excluding hydrogens is 533 g/mol. The lowest BCUT2D eigenvalue weighted by Gasteiger charge is -2.38. The minimum Gasteiger partial charge on any atom is -0.340 e. The Bertz CT molecular complexity index is 1440. The number of hydrazone groups is 1. The number of halogens is 3. The van der Waals surface area contributed by atoms with Gasteiger partial charge in [-0.2, -0.15) is 18.3 Å². The first kappa shape index (κ1) is 27.5. The molecular formula is C29H35F3N8O. The zero-order chi connectivity index (χ0) is 28.7. The average Bonchev–Trinajstić information content (AvgIpc) is 3.45. The molecule has 2 aliphatic heterocycles. The van der Waals surface area contributed by atoms with Crippen molar-refractivity contribution < 1.29 is 18.0 Å². The third-order valence-corrected chi connectivity index (χ3v) is 8.29. The fraction of sp³-hybridized carbons (Fsp3) is 0.517. The molecule has 1 aliphatic carbocycles. The first-order chi connectivity index (χ1) is 19.6. The fourth-order valence-electron chi connectivity index (χ4n) is 5.75. The fourth-order valence-corrected chi connectivity index (χ4v) is 5.75. The Balaban J connectivity index is 1.09. The number of nitrogens with zero attached hydrogens (tertiary/aromatic N) is 6. The SMILES string of the molecule is Cc1cc(C2C=NN(CC3CC3)C2)cc2[nH]c(Nc3cc(C(C)N4CCN(C(=O)CC(F)(F)F)CC4)ccn3)nc12. The van der Waals surface area contributed by atoms with Crippen molar-refractivity contribution in [2.24, 2.45) is 11.0 Å². The van der Waals surface area contributed by atoms with Gasteiger partial charge < -0.3 is 15.2 Å². The van der Waals surface area contributed by atoms with E-state index in [1.165, 1.54) is 23.3 Å².